The summed E-state index contributed by atoms with van der Waals surface area (Å²) >= 11 is 0. The van der Waals surface area contributed by atoms with E-state index in [0.717, 1.165) is 12.2 Å². The Hall–Kier alpha value is -1.09. The van der Waals surface area contributed by atoms with Crippen molar-refractivity contribution in [1.29, 1.82) is 0 Å². The lowest BCUT2D eigenvalue weighted by molar-refractivity contribution is 0.241. The van der Waals surface area contributed by atoms with Crippen molar-refractivity contribution in [2.24, 2.45) is 5.73 Å². The van der Waals surface area contributed by atoms with Gasteiger partial charge in [-0.15, -0.1) is 0 Å². The fourth-order valence-electron chi connectivity index (χ4n) is 2.38. The molecule has 1 aromatic heterocycles. The molecule has 3 heteroatoms. The largest absolute Gasteiger partial charge is 0.489 e. The zero-order valence-corrected chi connectivity index (χ0v) is 10.0. The summed E-state index contributed by atoms with van der Waals surface area (Å²) in [6, 6.07) is 2.37. The van der Waals surface area contributed by atoms with Gasteiger partial charge in [0.2, 0.25) is 0 Å². The average Bonchev–Trinajstić information content (AvgIpc) is 2.64. The van der Waals surface area contributed by atoms with Crippen LogP contribution in [0.4, 0.5) is 0 Å². The highest BCUT2D eigenvalue weighted by Gasteiger charge is 2.25. The number of hydrogen-bond donors (Lipinski definition) is 1. The van der Waals surface area contributed by atoms with Crippen molar-refractivity contribution < 1.29 is 4.74 Å². The number of hydrogen-bond acceptors (Lipinski definition) is 3. The molecule has 16 heavy (non-hydrogen) atoms. The van der Waals surface area contributed by atoms with Crippen molar-refractivity contribution in [3.8, 4) is 5.75 Å². The summed E-state index contributed by atoms with van der Waals surface area (Å²) in [6.07, 6.45) is 7.40. The Kier molecular flexibility index (Phi) is 3.44. The second kappa shape index (κ2) is 4.83. The zero-order valence-electron chi connectivity index (χ0n) is 10.0. The highest BCUT2D eigenvalue weighted by molar-refractivity contribution is 5.28. The van der Waals surface area contributed by atoms with Crippen LogP contribution in [0, 0.1) is 0 Å². The molecule has 2 N–H and O–H groups in total. The molecule has 0 saturated heterocycles. The van der Waals surface area contributed by atoms with Crippen molar-refractivity contribution in [3.63, 3.8) is 0 Å². The van der Waals surface area contributed by atoms with E-state index in [0.29, 0.717) is 5.92 Å². The van der Waals surface area contributed by atoms with Crippen LogP contribution in [0.15, 0.2) is 18.5 Å². The van der Waals surface area contributed by atoms with E-state index in [1.165, 1.54) is 18.4 Å². The molecule has 0 bridgehead atoms. The number of aromatic nitrogens is 1. The molecule has 1 aliphatic rings. The predicted octanol–water partition coefficient (Wildman–Crippen LogP) is 2.46. The van der Waals surface area contributed by atoms with E-state index in [1.807, 2.05) is 20.0 Å². The van der Waals surface area contributed by atoms with Crippen molar-refractivity contribution in [1.82, 2.24) is 4.98 Å². The molecule has 88 valence electrons. The minimum absolute atomic E-state index is 0.189. The first-order valence-corrected chi connectivity index (χ1v) is 6.04. The molecule has 0 spiro atoms. The standard InChI is InChI=1S/C13H20N2O/c1-9(2)16-11-6-10(7-15-8-11)12-4-3-5-13(12)14/h6-9,12-13H,3-5,14H2,1-2H3. The molecule has 1 heterocycles. The number of ether oxygens (including phenoxy) is 1. The average molecular weight is 220 g/mol. The Morgan fingerprint density at radius 2 is 2.19 bits per heavy atom. The minimum atomic E-state index is 0.189. The lowest BCUT2D eigenvalue weighted by Crippen LogP contribution is -2.22. The number of rotatable bonds is 3. The zero-order chi connectivity index (χ0) is 11.5. The van der Waals surface area contributed by atoms with Crippen LogP contribution in [0.2, 0.25) is 0 Å². The van der Waals surface area contributed by atoms with Gasteiger partial charge >= 0.3 is 0 Å². The van der Waals surface area contributed by atoms with Crippen LogP contribution in [-0.2, 0) is 0 Å². The van der Waals surface area contributed by atoms with Gasteiger partial charge in [-0.2, -0.15) is 0 Å². The summed E-state index contributed by atoms with van der Waals surface area (Å²) in [6.45, 7) is 4.04. The number of pyridine rings is 1. The first-order chi connectivity index (χ1) is 7.66. The van der Waals surface area contributed by atoms with Gasteiger partial charge in [-0.25, -0.2) is 0 Å². The third-order valence-corrected chi connectivity index (χ3v) is 3.10. The van der Waals surface area contributed by atoms with Gasteiger partial charge in [-0.05, 0) is 38.3 Å². The molecule has 0 amide bonds. The van der Waals surface area contributed by atoms with E-state index >= 15 is 0 Å². The molecule has 2 rings (SSSR count). The summed E-state index contributed by atoms with van der Waals surface area (Å²) in [4.78, 5) is 4.24. The maximum absolute atomic E-state index is 6.09. The Morgan fingerprint density at radius 3 is 2.81 bits per heavy atom. The molecule has 3 nitrogen and oxygen atoms in total. The number of nitrogens with zero attached hydrogens (tertiary/aromatic N) is 1. The van der Waals surface area contributed by atoms with Crippen molar-refractivity contribution in [2.45, 2.75) is 51.2 Å². The predicted molar refractivity (Wildman–Crippen MR) is 64.6 cm³/mol. The maximum Gasteiger partial charge on any atom is 0.138 e. The molecule has 2 atom stereocenters. The Bertz CT molecular complexity index is 352. The van der Waals surface area contributed by atoms with E-state index < -0.39 is 0 Å². The minimum Gasteiger partial charge on any atom is -0.489 e. The van der Waals surface area contributed by atoms with Gasteiger partial charge in [0.05, 0.1) is 12.3 Å². The second-order valence-electron chi connectivity index (χ2n) is 4.82. The number of nitrogens with two attached hydrogens (primary N) is 1. The van der Waals surface area contributed by atoms with Crippen LogP contribution in [0.3, 0.4) is 0 Å². The molecule has 0 aliphatic heterocycles. The van der Waals surface area contributed by atoms with Crippen LogP contribution in [0.25, 0.3) is 0 Å². The van der Waals surface area contributed by atoms with Gasteiger partial charge in [-0.1, -0.05) is 6.42 Å². The second-order valence-corrected chi connectivity index (χ2v) is 4.82. The van der Waals surface area contributed by atoms with Crippen LogP contribution < -0.4 is 10.5 Å². The van der Waals surface area contributed by atoms with Gasteiger partial charge in [0, 0.05) is 18.2 Å². The third kappa shape index (κ3) is 2.53. The summed E-state index contributed by atoms with van der Waals surface area (Å²) < 4.78 is 5.65. The quantitative estimate of drug-likeness (QED) is 0.851. The van der Waals surface area contributed by atoms with Crippen molar-refractivity contribution in [2.75, 3.05) is 0 Å². The van der Waals surface area contributed by atoms with E-state index in [2.05, 4.69) is 11.1 Å². The first-order valence-electron chi connectivity index (χ1n) is 6.04. The van der Waals surface area contributed by atoms with E-state index in [-0.39, 0.29) is 12.1 Å². The molecular formula is C13H20N2O. The van der Waals surface area contributed by atoms with Gasteiger partial charge in [0.15, 0.2) is 0 Å². The monoisotopic (exact) mass is 220 g/mol. The van der Waals surface area contributed by atoms with Crippen LogP contribution >= 0.6 is 0 Å². The molecule has 1 aliphatic carbocycles. The van der Waals surface area contributed by atoms with E-state index in [9.17, 15) is 0 Å². The fraction of sp³-hybridized carbons (Fsp3) is 0.615. The van der Waals surface area contributed by atoms with E-state index in [4.69, 9.17) is 10.5 Å². The molecule has 2 unspecified atom stereocenters. The Balaban J connectivity index is 2.15. The first kappa shape index (κ1) is 11.4. The van der Waals surface area contributed by atoms with Crippen molar-refractivity contribution >= 4 is 0 Å². The van der Waals surface area contributed by atoms with Gasteiger partial charge in [0.1, 0.15) is 5.75 Å². The lowest BCUT2D eigenvalue weighted by atomic mass is 9.96. The topological polar surface area (TPSA) is 48.1 Å². The van der Waals surface area contributed by atoms with Crippen molar-refractivity contribution in [3.05, 3.63) is 24.0 Å². The summed E-state index contributed by atoms with van der Waals surface area (Å²) in [7, 11) is 0. The highest BCUT2D eigenvalue weighted by atomic mass is 16.5. The SMILES string of the molecule is CC(C)Oc1cncc(C2CCCC2N)c1. The smallest absolute Gasteiger partial charge is 0.138 e. The molecule has 1 saturated carbocycles. The lowest BCUT2D eigenvalue weighted by Gasteiger charge is -2.17. The Labute approximate surface area is 97.0 Å². The summed E-state index contributed by atoms with van der Waals surface area (Å²) in [5.74, 6) is 1.31. The normalized spacial score (nSPS) is 25.0. The Morgan fingerprint density at radius 1 is 1.38 bits per heavy atom. The highest BCUT2D eigenvalue weighted by Crippen LogP contribution is 2.34. The van der Waals surface area contributed by atoms with Gasteiger partial charge < -0.3 is 10.5 Å². The molecule has 1 aromatic rings. The summed E-state index contributed by atoms with van der Waals surface area (Å²) in [5.41, 5.74) is 7.32. The fourth-order valence-corrected chi connectivity index (χ4v) is 2.38. The maximum atomic E-state index is 6.09. The molecule has 0 radical (unpaired) electrons. The molecular weight excluding hydrogens is 200 g/mol. The summed E-state index contributed by atoms with van der Waals surface area (Å²) in [5, 5.41) is 0. The third-order valence-electron chi connectivity index (χ3n) is 3.10. The van der Waals surface area contributed by atoms with Crippen LogP contribution in [0.1, 0.15) is 44.6 Å². The van der Waals surface area contributed by atoms with Crippen LogP contribution in [-0.4, -0.2) is 17.1 Å². The van der Waals surface area contributed by atoms with Gasteiger partial charge in [-0.3, -0.25) is 4.98 Å². The molecule has 0 aromatic carbocycles. The van der Waals surface area contributed by atoms with Crippen LogP contribution in [0.5, 0.6) is 5.75 Å². The van der Waals surface area contributed by atoms with Gasteiger partial charge in [0.25, 0.3) is 0 Å². The molecule has 1 fully saturated rings. The van der Waals surface area contributed by atoms with E-state index in [1.54, 1.807) is 6.20 Å².